The zero-order chi connectivity index (χ0) is 21.9. The lowest BCUT2D eigenvalue weighted by atomic mass is 10.0. The summed E-state index contributed by atoms with van der Waals surface area (Å²) in [5, 5.41) is 12.8. The molecule has 2 atom stereocenters. The summed E-state index contributed by atoms with van der Waals surface area (Å²) in [5.74, 6) is 0.667. The molecule has 0 spiro atoms. The molecule has 8 heteroatoms. The van der Waals surface area contributed by atoms with Gasteiger partial charge in [0.05, 0.1) is 24.4 Å². The van der Waals surface area contributed by atoms with E-state index >= 15 is 0 Å². The van der Waals surface area contributed by atoms with Crippen molar-refractivity contribution in [2.24, 2.45) is 0 Å². The molecular formula is C24H29FN6O. The summed E-state index contributed by atoms with van der Waals surface area (Å²) in [5.41, 5.74) is 3.05. The van der Waals surface area contributed by atoms with Crippen LogP contribution >= 0.6 is 0 Å². The van der Waals surface area contributed by atoms with Crippen LogP contribution < -0.4 is 4.90 Å². The number of rotatable bonds is 6. The molecule has 0 bridgehead atoms. The van der Waals surface area contributed by atoms with E-state index in [1.54, 1.807) is 6.07 Å². The second-order valence-electron chi connectivity index (χ2n) is 8.64. The van der Waals surface area contributed by atoms with Crippen LogP contribution in [0, 0.1) is 12.7 Å². The molecule has 2 fully saturated rings. The molecule has 32 heavy (non-hydrogen) atoms. The van der Waals surface area contributed by atoms with Crippen molar-refractivity contribution in [1.29, 1.82) is 0 Å². The lowest BCUT2D eigenvalue weighted by molar-refractivity contribution is 0.0906. The maximum absolute atomic E-state index is 14.3. The van der Waals surface area contributed by atoms with Crippen molar-refractivity contribution < 1.29 is 9.13 Å². The molecule has 168 valence electrons. The molecule has 0 N–H and O–H groups in total. The topological polar surface area (TPSA) is 59.3 Å². The number of tetrazole rings is 1. The second kappa shape index (κ2) is 9.34. The Hall–Kier alpha value is -2.84. The molecule has 2 aliphatic heterocycles. The highest BCUT2D eigenvalue weighted by Crippen LogP contribution is 2.30. The van der Waals surface area contributed by atoms with Gasteiger partial charge < -0.3 is 9.64 Å². The van der Waals surface area contributed by atoms with Crippen LogP contribution in [0.25, 0.3) is 0 Å². The van der Waals surface area contributed by atoms with Crippen molar-refractivity contribution in [1.82, 2.24) is 25.1 Å². The maximum Gasteiger partial charge on any atom is 0.173 e. The number of aryl methyl sites for hydroxylation is 1. The number of ether oxygens (including phenoxy) is 1. The molecule has 3 heterocycles. The first-order valence-corrected chi connectivity index (χ1v) is 11.4. The minimum absolute atomic E-state index is 0.0604. The summed E-state index contributed by atoms with van der Waals surface area (Å²) in [6.07, 6.45) is 2.28. The summed E-state index contributed by atoms with van der Waals surface area (Å²) in [4.78, 5) is 4.52. The highest BCUT2D eigenvalue weighted by molar-refractivity contribution is 5.48. The SMILES string of the molecule is Cc1ccc([C@H](c2nnnn2C[C@@H]2CCCO2)N2CCN(c3ccccc3F)CC2)cc1. The van der Waals surface area contributed by atoms with Crippen LogP contribution in [0.1, 0.15) is 35.8 Å². The van der Waals surface area contributed by atoms with Crippen molar-refractivity contribution in [3.05, 3.63) is 71.3 Å². The highest BCUT2D eigenvalue weighted by Gasteiger charge is 2.32. The van der Waals surface area contributed by atoms with E-state index in [0.29, 0.717) is 12.2 Å². The normalized spacial score (nSPS) is 20.6. The van der Waals surface area contributed by atoms with Gasteiger partial charge in [0.25, 0.3) is 0 Å². The van der Waals surface area contributed by atoms with Gasteiger partial charge in [0.2, 0.25) is 0 Å². The van der Waals surface area contributed by atoms with Gasteiger partial charge in [-0.05, 0) is 47.9 Å². The molecule has 0 radical (unpaired) electrons. The minimum atomic E-state index is -0.170. The predicted molar refractivity (Wildman–Crippen MR) is 120 cm³/mol. The first-order chi connectivity index (χ1) is 15.7. The van der Waals surface area contributed by atoms with Gasteiger partial charge in [-0.1, -0.05) is 42.0 Å². The van der Waals surface area contributed by atoms with E-state index in [-0.39, 0.29) is 18.0 Å². The lowest BCUT2D eigenvalue weighted by Crippen LogP contribution is -2.48. The molecule has 5 rings (SSSR count). The number of nitrogens with zero attached hydrogens (tertiary/aromatic N) is 6. The predicted octanol–water partition coefficient (Wildman–Crippen LogP) is 3.21. The zero-order valence-electron chi connectivity index (χ0n) is 18.4. The van der Waals surface area contributed by atoms with E-state index in [4.69, 9.17) is 4.74 Å². The average Bonchev–Trinajstić information content (AvgIpc) is 3.49. The number of piperazine rings is 1. The minimum Gasteiger partial charge on any atom is -0.376 e. The largest absolute Gasteiger partial charge is 0.376 e. The van der Waals surface area contributed by atoms with Gasteiger partial charge in [0.1, 0.15) is 5.82 Å². The first-order valence-electron chi connectivity index (χ1n) is 11.4. The van der Waals surface area contributed by atoms with Crippen LogP contribution in [0.5, 0.6) is 0 Å². The number of hydrogen-bond donors (Lipinski definition) is 0. The van der Waals surface area contributed by atoms with Gasteiger partial charge in [-0.3, -0.25) is 4.90 Å². The van der Waals surface area contributed by atoms with Crippen LogP contribution in [0.4, 0.5) is 10.1 Å². The number of benzene rings is 2. The third-order valence-electron chi connectivity index (χ3n) is 6.47. The van der Waals surface area contributed by atoms with E-state index in [2.05, 4.69) is 56.5 Å². The molecule has 0 amide bonds. The van der Waals surface area contributed by atoms with Crippen LogP contribution in [-0.2, 0) is 11.3 Å². The van der Waals surface area contributed by atoms with Gasteiger partial charge in [-0.25, -0.2) is 9.07 Å². The molecule has 3 aromatic rings. The Balaban J connectivity index is 1.40. The highest BCUT2D eigenvalue weighted by atomic mass is 19.1. The average molecular weight is 437 g/mol. The Labute approximate surface area is 187 Å². The number of halogens is 1. The van der Waals surface area contributed by atoms with Crippen LogP contribution in [0.2, 0.25) is 0 Å². The van der Waals surface area contributed by atoms with Gasteiger partial charge in [-0.15, -0.1) is 5.10 Å². The number of para-hydroxylation sites is 1. The fraction of sp³-hybridized carbons (Fsp3) is 0.458. The third-order valence-corrected chi connectivity index (χ3v) is 6.47. The molecule has 1 aromatic heterocycles. The fourth-order valence-electron chi connectivity index (χ4n) is 4.72. The van der Waals surface area contributed by atoms with Crippen molar-refractivity contribution in [3.8, 4) is 0 Å². The molecule has 2 aliphatic rings. The van der Waals surface area contributed by atoms with Gasteiger partial charge in [0.15, 0.2) is 5.82 Å². The number of aromatic nitrogens is 4. The standard InChI is InChI=1S/C24H29FN6O/c1-18-8-10-19(11-9-18)23(24-26-27-28-31(24)17-20-5-4-16-32-20)30-14-12-29(13-15-30)22-7-3-2-6-21(22)25/h2-3,6-11,20,23H,4-5,12-17H2,1H3/t20-,23+/m0/s1. The Kier molecular flexibility index (Phi) is 6.14. The summed E-state index contributed by atoms with van der Waals surface area (Å²) in [6.45, 7) is 6.64. The van der Waals surface area contributed by atoms with Gasteiger partial charge >= 0.3 is 0 Å². The van der Waals surface area contributed by atoms with E-state index in [9.17, 15) is 4.39 Å². The van der Waals surface area contributed by atoms with Crippen LogP contribution in [0.15, 0.2) is 48.5 Å². The molecular weight excluding hydrogens is 407 g/mol. The summed E-state index contributed by atoms with van der Waals surface area (Å²) >= 11 is 0. The van der Waals surface area contributed by atoms with E-state index in [1.165, 1.54) is 17.2 Å². The first kappa shape index (κ1) is 21.0. The molecule has 0 aliphatic carbocycles. The smallest absolute Gasteiger partial charge is 0.173 e. The molecule has 2 saturated heterocycles. The number of anilines is 1. The van der Waals surface area contributed by atoms with Crippen LogP contribution in [0.3, 0.4) is 0 Å². The monoisotopic (exact) mass is 436 g/mol. The van der Waals surface area contributed by atoms with Crippen molar-refractivity contribution >= 4 is 5.69 Å². The Morgan fingerprint density at radius 3 is 2.56 bits per heavy atom. The lowest BCUT2D eigenvalue weighted by Gasteiger charge is -2.40. The number of hydrogen-bond acceptors (Lipinski definition) is 6. The third kappa shape index (κ3) is 4.38. The molecule has 0 saturated carbocycles. The van der Waals surface area contributed by atoms with Crippen LogP contribution in [-0.4, -0.2) is 64.0 Å². The maximum atomic E-state index is 14.3. The Morgan fingerprint density at radius 2 is 1.84 bits per heavy atom. The van der Waals surface area contributed by atoms with Crippen molar-refractivity contribution in [2.75, 3.05) is 37.7 Å². The Morgan fingerprint density at radius 1 is 1.06 bits per heavy atom. The summed E-state index contributed by atoms with van der Waals surface area (Å²) in [7, 11) is 0. The van der Waals surface area contributed by atoms with Gasteiger partial charge in [-0.2, -0.15) is 0 Å². The van der Waals surface area contributed by atoms with E-state index in [1.807, 2.05) is 16.8 Å². The van der Waals surface area contributed by atoms with Crippen molar-refractivity contribution in [3.63, 3.8) is 0 Å². The molecule has 7 nitrogen and oxygen atoms in total. The molecule has 2 aromatic carbocycles. The summed E-state index contributed by atoms with van der Waals surface area (Å²) in [6, 6.07) is 15.5. The van der Waals surface area contributed by atoms with E-state index < -0.39 is 0 Å². The Bertz CT molecular complexity index is 1020. The zero-order valence-corrected chi connectivity index (χ0v) is 18.4. The van der Waals surface area contributed by atoms with E-state index in [0.717, 1.165) is 51.5 Å². The fourth-order valence-corrected chi connectivity index (χ4v) is 4.72. The second-order valence-corrected chi connectivity index (χ2v) is 8.64. The van der Waals surface area contributed by atoms with Crippen molar-refractivity contribution in [2.45, 2.75) is 38.5 Å². The molecule has 0 unspecified atom stereocenters. The summed E-state index contributed by atoms with van der Waals surface area (Å²) < 4.78 is 22.0. The quantitative estimate of drug-likeness (QED) is 0.592. The van der Waals surface area contributed by atoms with Gasteiger partial charge in [0, 0.05) is 32.8 Å².